The average Bonchev–Trinajstić information content (AvgIpc) is 2.99. The molecule has 30 heavy (non-hydrogen) atoms. The second kappa shape index (κ2) is 6.41. The number of hydrogen-bond acceptors (Lipinski definition) is 0. The molecule has 5 saturated carbocycles. The van der Waals surface area contributed by atoms with Gasteiger partial charge in [-0.1, -0.05) is 60.1 Å². The van der Waals surface area contributed by atoms with Crippen molar-refractivity contribution in [3.63, 3.8) is 0 Å². The summed E-state index contributed by atoms with van der Waals surface area (Å²) in [5, 5.41) is 0. The van der Waals surface area contributed by atoms with Gasteiger partial charge in [-0.2, -0.15) is 0 Å². The molecular weight excluding hydrogens is 360 g/mol. The van der Waals surface area contributed by atoms with Gasteiger partial charge in [0.05, 0.1) is 0 Å². The summed E-state index contributed by atoms with van der Waals surface area (Å²) in [6.45, 7) is 23.0. The molecule has 5 rings (SSSR count). The lowest BCUT2D eigenvalue weighted by atomic mass is 9.32. The summed E-state index contributed by atoms with van der Waals surface area (Å²) in [6.07, 6.45) is 16.3. The van der Waals surface area contributed by atoms with Crippen LogP contribution in [0.4, 0.5) is 0 Å². The Morgan fingerprint density at radius 3 is 1.87 bits per heavy atom. The van der Waals surface area contributed by atoms with Crippen molar-refractivity contribution in [3.8, 4) is 0 Å². The summed E-state index contributed by atoms with van der Waals surface area (Å²) in [4.78, 5) is 0. The van der Waals surface area contributed by atoms with E-state index in [1.807, 2.05) is 0 Å². The van der Waals surface area contributed by atoms with Crippen molar-refractivity contribution in [2.24, 2.45) is 56.7 Å². The first-order chi connectivity index (χ1) is 13.9. The van der Waals surface area contributed by atoms with Crippen LogP contribution in [-0.2, 0) is 0 Å². The smallest absolute Gasteiger partial charge is 0.0175 e. The molecule has 0 heteroatoms. The molecule has 0 nitrogen and oxygen atoms in total. The molecule has 0 radical (unpaired) electrons. The molecule has 0 bridgehead atoms. The highest BCUT2D eigenvalue weighted by molar-refractivity contribution is 5.20. The zero-order valence-corrected chi connectivity index (χ0v) is 21.4. The van der Waals surface area contributed by atoms with E-state index in [-0.39, 0.29) is 0 Å². The van der Waals surface area contributed by atoms with E-state index in [9.17, 15) is 0 Å². The topological polar surface area (TPSA) is 0 Å². The van der Waals surface area contributed by atoms with Gasteiger partial charge in [0.15, 0.2) is 0 Å². The quantitative estimate of drug-likeness (QED) is 0.378. The normalized spacial score (nSPS) is 57.0. The van der Waals surface area contributed by atoms with Crippen molar-refractivity contribution in [1.29, 1.82) is 0 Å². The van der Waals surface area contributed by atoms with Gasteiger partial charge in [-0.25, -0.2) is 0 Å². The van der Waals surface area contributed by atoms with Crippen LogP contribution in [0.3, 0.4) is 0 Å². The minimum absolute atomic E-state index is 0.542. The Kier molecular flexibility index (Phi) is 4.61. The van der Waals surface area contributed by atoms with Crippen molar-refractivity contribution in [2.75, 3.05) is 0 Å². The SMILES string of the molecule is C=C(C)[C@@H]1CC[C@@]2(C)[C@@H]1CC[C@]1(C)[C@H]2CC[C@@H]2[C@@]3(C)CCCC(C)(C)[C@@H]3CC[C@]21C. The first-order valence-corrected chi connectivity index (χ1v) is 13.6. The van der Waals surface area contributed by atoms with E-state index in [4.69, 9.17) is 0 Å². The van der Waals surface area contributed by atoms with E-state index in [0.717, 1.165) is 29.6 Å². The minimum Gasteiger partial charge on any atom is -0.0999 e. The minimum atomic E-state index is 0.542. The van der Waals surface area contributed by atoms with Gasteiger partial charge in [0.2, 0.25) is 0 Å². The monoisotopic (exact) mass is 410 g/mol. The van der Waals surface area contributed by atoms with Crippen molar-refractivity contribution in [3.05, 3.63) is 12.2 Å². The Balaban J connectivity index is 1.53. The van der Waals surface area contributed by atoms with Crippen molar-refractivity contribution in [2.45, 2.75) is 119 Å². The highest BCUT2D eigenvalue weighted by atomic mass is 14.7. The molecule has 5 fully saturated rings. The molecule has 170 valence electrons. The zero-order chi connectivity index (χ0) is 21.7. The standard InChI is InChI=1S/C30H50/c1-20(2)21-12-17-27(5)22(21)13-18-29(7)24(27)10-11-25-28(6)16-9-15-26(3,4)23(28)14-19-30(25,29)8/h21-25H,1,9-19H2,2-8H3/t21-,22+,23-,24-,25+,27-,28-,29+,30+/m0/s1. The largest absolute Gasteiger partial charge is 0.0999 e. The molecule has 5 aliphatic carbocycles. The van der Waals surface area contributed by atoms with E-state index in [0.29, 0.717) is 27.1 Å². The molecular formula is C30H50. The summed E-state index contributed by atoms with van der Waals surface area (Å²) in [7, 11) is 0. The van der Waals surface area contributed by atoms with Gasteiger partial charge in [-0.15, -0.1) is 0 Å². The lowest BCUT2D eigenvalue weighted by Gasteiger charge is -2.73. The molecule has 0 aromatic rings. The van der Waals surface area contributed by atoms with Gasteiger partial charge in [0, 0.05) is 0 Å². The zero-order valence-electron chi connectivity index (χ0n) is 21.4. The fourth-order valence-electron chi connectivity index (χ4n) is 11.9. The van der Waals surface area contributed by atoms with Crippen LogP contribution in [0.25, 0.3) is 0 Å². The van der Waals surface area contributed by atoms with Crippen molar-refractivity contribution >= 4 is 0 Å². The number of rotatable bonds is 1. The summed E-state index contributed by atoms with van der Waals surface area (Å²) < 4.78 is 0. The van der Waals surface area contributed by atoms with Crippen LogP contribution in [0, 0.1) is 56.7 Å². The number of fused-ring (bicyclic) bond motifs is 7. The van der Waals surface area contributed by atoms with E-state index in [2.05, 4.69) is 55.0 Å². The highest BCUT2D eigenvalue weighted by Gasteiger charge is 2.70. The second-order valence-corrected chi connectivity index (χ2v) is 14.6. The first kappa shape index (κ1) is 21.6. The summed E-state index contributed by atoms with van der Waals surface area (Å²) in [5.74, 6) is 4.54. The molecule has 0 unspecified atom stereocenters. The van der Waals surface area contributed by atoms with Crippen LogP contribution in [0.1, 0.15) is 119 Å². The van der Waals surface area contributed by atoms with Gasteiger partial charge in [0.1, 0.15) is 0 Å². The van der Waals surface area contributed by atoms with Crippen LogP contribution >= 0.6 is 0 Å². The van der Waals surface area contributed by atoms with Crippen LogP contribution in [0.5, 0.6) is 0 Å². The summed E-state index contributed by atoms with van der Waals surface area (Å²) in [6, 6.07) is 0. The number of hydrogen-bond donors (Lipinski definition) is 0. The van der Waals surface area contributed by atoms with Crippen LogP contribution in [0.2, 0.25) is 0 Å². The van der Waals surface area contributed by atoms with Gasteiger partial charge >= 0.3 is 0 Å². The number of allylic oxidation sites excluding steroid dienone is 1. The Morgan fingerprint density at radius 2 is 1.23 bits per heavy atom. The predicted molar refractivity (Wildman–Crippen MR) is 129 cm³/mol. The molecule has 0 aromatic heterocycles. The van der Waals surface area contributed by atoms with Crippen LogP contribution < -0.4 is 0 Å². The Labute approximate surface area is 188 Å². The molecule has 0 spiro atoms. The molecule has 0 aliphatic heterocycles. The molecule has 5 aliphatic rings. The third kappa shape index (κ3) is 2.46. The fourth-order valence-corrected chi connectivity index (χ4v) is 11.9. The van der Waals surface area contributed by atoms with Gasteiger partial charge < -0.3 is 0 Å². The average molecular weight is 411 g/mol. The maximum atomic E-state index is 4.43. The highest BCUT2D eigenvalue weighted by Crippen LogP contribution is 2.77. The van der Waals surface area contributed by atoms with Crippen molar-refractivity contribution < 1.29 is 0 Å². The van der Waals surface area contributed by atoms with Crippen molar-refractivity contribution in [1.82, 2.24) is 0 Å². The molecule has 0 heterocycles. The molecule has 0 saturated heterocycles. The summed E-state index contributed by atoms with van der Waals surface area (Å²) in [5.41, 5.74) is 4.26. The Bertz CT molecular complexity index is 730. The molecule has 0 N–H and O–H groups in total. The second-order valence-electron chi connectivity index (χ2n) is 14.6. The lowest BCUT2D eigenvalue weighted by Crippen LogP contribution is -2.65. The fraction of sp³-hybridized carbons (Fsp3) is 0.933. The predicted octanol–water partition coefficient (Wildman–Crippen LogP) is 9.05. The third-order valence-electron chi connectivity index (χ3n) is 13.3. The third-order valence-corrected chi connectivity index (χ3v) is 13.3. The Hall–Kier alpha value is -0.260. The van der Waals surface area contributed by atoms with E-state index < -0.39 is 0 Å². The van der Waals surface area contributed by atoms with Gasteiger partial charge in [-0.05, 0) is 128 Å². The van der Waals surface area contributed by atoms with Gasteiger partial charge in [0.25, 0.3) is 0 Å². The van der Waals surface area contributed by atoms with Gasteiger partial charge in [-0.3, -0.25) is 0 Å². The Morgan fingerprint density at radius 1 is 0.633 bits per heavy atom. The van der Waals surface area contributed by atoms with Crippen LogP contribution in [-0.4, -0.2) is 0 Å². The molecule has 9 atom stereocenters. The first-order valence-electron chi connectivity index (χ1n) is 13.6. The lowest BCUT2D eigenvalue weighted by molar-refractivity contribution is -0.240. The maximum absolute atomic E-state index is 4.43. The van der Waals surface area contributed by atoms with E-state index in [1.165, 1.54) is 76.2 Å². The molecule has 0 amide bonds. The van der Waals surface area contributed by atoms with E-state index in [1.54, 1.807) is 0 Å². The maximum Gasteiger partial charge on any atom is -0.0175 e. The summed E-state index contributed by atoms with van der Waals surface area (Å²) >= 11 is 0. The molecule has 0 aromatic carbocycles. The van der Waals surface area contributed by atoms with Crippen LogP contribution in [0.15, 0.2) is 12.2 Å². The van der Waals surface area contributed by atoms with E-state index >= 15 is 0 Å².